The Labute approximate surface area is 117 Å². The topological polar surface area (TPSA) is 71.2 Å². The fourth-order valence-electron chi connectivity index (χ4n) is 2.30. The lowest BCUT2D eigenvalue weighted by Crippen LogP contribution is -2.35. The second kappa shape index (κ2) is 4.94. The summed E-state index contributed by atoms with van der Waals surface area (Å²) in [7, 11) is 0. The van der Waals surface area contributed by atoms with Gasteiger partial charge in [-0.15, -0.1) is 0 Å². The fraction of sp³-hybridized carbons (Fsp3) is 0.200. The van der Waals surface area contributed by atoms with Gasteiger partial charge in [0.15, 0.2) is 0 Å². The van der Waals surface area contributed by atoms with E-state index >= 15 is 0 Å². The number of carbonyl (C=O) groups is 1. The second-order valence-electron chi connectivity index (χ2n) is 4.89. The zero-order chi connectivity index (χ0) is 14.1. The SMILES string of the molecule is CC(N)c1ccnc(N2CC(=O)Nc3ccccc32)c1. The molecule has 102 valence electrons. The van der Waals surface area contributed by atoms with Crippen LogP contribution in [0.2, 0.25) is 0 Å². The smallest absolute Gasteiger partial charge is 0.244 e. The molecule has 2 heterocycles. The molecule has 0 bridgehead atoms. The number of amides is 1. The Morgan fingerprint density at radius 2 is 2.15 bits per heavy atom. The fourth-order valence-corrected chi connectivity index (χ4v) is 2.30. The zero-order valence-electron chi connectivity index (χ0n) is 11.2. The van der Waals surface area contributed by atoms with Gasteiger partial charge in [-0.05, 0) is 36.8 Å². The van der Waals surface area contributed by atoms with Crippen LogP contribution in [0, 0.1) is 0 Å². The monoisotopic (exact) mass is 268 g/mol. The molecular formula is C15H16N4O. The van der Waals surface area contributed by atoms with Crippen LogP contribution in [-0.4, -0.2) is 17.4 Å². The predicted molar refractivity (Wildman–Crippen MR) is 78.9 cm³/mol. The van der Waals surface area contributed by atoms with Crippen LogP contribution in [0.4, 0.5) is 17.2 Å². The summed E-state index contributed by atoms with van der Waals surface area (Å²) in [6, 6.07) is 11.5. The van der Waals surface area contributed by atoms with Crippen molar-refractivity contribution < 1.29 is 4.79 Å². The lowest BCUT2D eigenvalue weighted by Gasteiger charge is -2.30. The summed E-state index contributed by atoms with van der Waals surface area (Å²) >= 11 is 0. The summed E-state index contributed by atoms with van der Waals surface area (Å²) in [5.41, 5.74) is 8.66. The van der Waals surface area contributed by atoms with Crippen molar-refractivity contribution in [3.05, 3.63) is 48.2 Å². The standard InChI is InChI=1S/C15H16N4O/c1-10(16)11-6-7-17-14(8-11)19-9-15(20)18-12-4-2-3-5-13(12)19/h2-8,10H,9,16H2,1H3,(H,18,20). The van der Waals surface area contributed by atoms with Gasteiger partial charge in [-0.1, -0.05) is 12.1 Å². The minimum absolute atomic E-state index is 0.0447. The maximum Gasteiger partial charge on any atom is 0.244 e. The van der Waals surface area contributed by atoms with Crippen molar-refractivity contribution >= 4 is 23.1 Å². The normalized spacial score (nSPS) is 15.5. The number of anilines is 3. The molecule has 1 unspecified atom stereocenters. The van der Waals surface area contributed by atoms with E-state index in [-0.39, 0.29) is 18.5 Å². The summed E-state index contributed by atoms with van der Waals surface area (Å²) in [6.07, 6.45) is 1.73. The van der Waals surface area contributed by atoms with E-state index in [1.807, 2.05) is 48.2 Å². The Bertz CT molecular complexity index is 654. The van der Waals surface area contributed by atoms with E-state index in [1.165, 1.54) is 0 Å². The Morgan fingerprint density at radius 3 is 2.95 bits per heavy atom. The lowest BCUT2D eigenvalue weighted by molar-refractivity contribution is -0.115. The quantitative estimate of drug-likeness (QED) is 0.875. The molecular weight excluding hydrogens is 252 g/mol. The van der Waals surface area contributed by atoms with Crippen LogP contribution < -0.4 is 16.0 Å². The number of nitrogens with zero attached hydrogens (tertiary/aromatic N) is 2. The average Bonchev–Trinajstić information content (AvgIpc) is 2.46. The molecule has 3 rings (SSSR count). The maximum atomic E-state index is 11.8. The number of nitrogens with two attached hydrogens (primary N) is 1. The average molecular weight is 268 g/mol. The third-order valence-corrected chi connectivity index (χ3v) is 3.34. The molecule has 1 aromatic carbocycles. The minimum Gasteiger partial charge on any atom is -0.324 e. The van der Waals surface area contributed by atoms with E-state index in [1.54, 1.807) is 6.20 Å². The number of aromatic nitrogens is 1. The summed E-state index contributed by atoms with van der Waals surface area (Å²) in [5.74, 6) is 0.693. The van der Waals surface area contributed by atoms with Crippen molar-refractivity contribution in [3.63, 3.8) is 0 Å². The van der Waals surface area contributed by atoms with Crippen molar-refractivity contribution in [2.45, 2.75) is 13.0 Å². The van der Waals surface area contributed by atoms with Gasteiger partial charge < -0.3 is 16.0 Å². The summed E-state index contributed by atoms with van der Waals surface area (Å²) < 4.78 is 0. The number of para-hydroxylation sites is 2. The van der Waals surface area contributed by atoms with Crippen LogP contribution in [0.5, 0.6) is 0 Å². The van der Waals surface area contributed by atoms with Crippen LogP contribution in [0.25, 0.3) is 0 Å². The van der Waals surface area contributed by atoms with Crippen molar-refractivity contribution in [1.82, 2.24) is 4.98 Å². The van der Waals surface area contributed by atoms with Gasteiger partial charge in [0.1, 0.15) is 12.4 Å². The van der Waals surface area contributed by atoms with Crippen LogP contribution in [0.3, 0.4) is 0 Å². The molecule has 1 aliphatic heterocycles. The number of fused-ring (bicyclic) bond motifs is 1. The van der Waals surface area contributed by atoms with Crippen molar-refractivity contribution in [2.75, 3.05) is 16.8 Å². The Kier molecular flexibility index (Phi) is 3.12. The maximum absolute atomic E-state index is 11.8. The number of hydrogen-bond donors (Lipinski definition) is 2. The van der Waals surface area contributed by atoms with Gasteiger partial charge in [-0.3, -0.25) is 4.79 Å². The van der Waals surface area contributed by atoms with Crippen LogP contribution in [0.1, 0.15) is 18.5 Å². The minimum atomic E-state index is -0.0642. The molecule has 5 nitrogen and oxygen atoms in total. The third kappa shape index (κ3) is 2.23. The number of hydrogen-bond acceptors (Lipinski definition) is 4. The molecule has 0 saturated heterocycles. The van der Waals surface area contributed by atoms with Crippen LogP contribution in [0.15, 0.2) is 42.6 Å². The highest BCUT2D eigenvalue weighted by molar-refractivity contribution is 6.02. The number of carbonyl (C=O) groups excluding carboxylic acids is 1. The van der Waals surface area contributed by atoms with Crippen molar-refractivity contribution in [1.29, 1.82) is 0 Å². The highest BCUT2D eigenvalue weighted by Gasteiger charge is 2.23. The van der Waals surface area contributed by atoms with Gasteiger partial charge in [-0.25, -0.2) is 4.98 Å². The molecule has 0 fully saturated rings. The molecule has 0 spiro atoms. The van der Waals surface area contributed by atoms with E-state index in [0.717, 1.165) is 22.8 Å². The van der Waals surface area contributed by atoms with Gasteiger partial charge in [0.05, 0.1) is 11.4 Å². The van der Waals surface area contributed by atoms with E-state index in [2.05, 4.69) is 10.3 Å². The molecule has 20 heavy (non-hydrogen) atoms. The highest BCUT2D eigenvalue weighted by Crippen LogP contribution is 2.34. The number of nitrogens with one attached hydrogen (secondary N) is 1. The third-order valence-electron chi connectivity index (χ3n) is 3.34. The van der Waals surface area contributed by atoms with Crippen molar-refractivity contribution in [3.8, 4) is 0 Å². The Balaban J connectivity index is 2.06. The van der Waals surface area contributed by atoms with E-state index in [0.29, 0.717) is 0 Å². The molecule has 0 saturated carbocycles. The van der Waals surface area contributed by atoms with Crippen molar-refractivity contribution in [2.24, 2.45) is 5.73 Å². The summed E-state index contributed by atoms with van der Waals surface area (Å²) in [4.78, 5) is 18.1. The molecule has 1 atom stereocenters. The first kappa shape index (κ1) is 12.6. The summed E-state index contributed by atoms with van der Waals surface area (Å²) in [6.45, 7) is 2.18. The molecule has 1 amide bonds. The Morgan fingerprint density at radius 1 is 1.35 bits per heavy atom. The number of rotatable bonds is 2. The lowest BCUT2D eigenvalue weighted by atomic mass is 10.1. The molecule has 0 radical (unpaired) electrons. The number of pyridine rings is 1. The first-order valence-corrected chi connectivity index (χ1v) is 6.53. The first-order chi connectivity index (χ1) is 9.65. The van der Waals surface area contributed by atoms with Gasteiger partial charge in [-0.2, -0.15) is 0 Å². The predicted octanol–water partition coefficient (Wildman–Crippen LogP) is 2.19. The molecule has 1 aliphatic rings. The molecule has 1 aromatic heterocycles. The van der Waals surface area contributed by atoms with Crippen LogP contribution in [-0.2, 0) is 4.79 Å². The largest absolute Gasteiger partial charge is 0.324 e. The van der Waals surface area contributed by atoms with Gasteiger partial charge >= 0.3 is 0 Å². The second-order valence-corrected chi connectivity index (χ2v) is 4.89. The molecule has 3 N–H and O–H groups in total. The van der Waals surface area contributed by atoms with E-state index in [9.17, 15) is 4.79 Å². The summed E-state index contributed by atoms with van der Waals surface area (Å²) in [5, 5.41) is 2.86. The van der Waals surface area contributed by atoms with E-state index in [4.69, 9.17) is 5.73 Å². The van der Waals surface area contributed by atoms with Gasteiger partial charge in [0.2, 0.25) is 5.91 Å². The molecule has 5 heteroatoms. The first-order valence-electron chi connectivity index (χ1n) is 6.53. The zero-order valence-corrected chi connectivity index (χ0v) is 11.2. The van der Waals surface area contributed by atoms with E-state index < -0.39 is 0 Å². The van der Waals surface area contributed by atoms with Gasteiger partial charge in [0, 0.05) is 12.2 Å². The molecule has 0 aliphatic carbocycles. The van der Waals surface area contributed by atoms with Gasteiger partial charge in [0.25, 0.3) is 0 Å². The molecule has 2 aromatic rings. The number of benzene rings is 1. The van der Waals surface area contributed by atoms with Crippen LogP contribution >= 0.6 is 0 Å². The highest BCUT2D eigenvalue weighted by atomic mass is 16.2. The Hall–Kier alpha value is -2.40.